The number of rotatable bonds is 2. The lowest BCUT2D eigenvalue weighted by Gasteiger charge is -2.33. The molecule has 7 heteroatoms. The summed E-state index contributed by atoms with van der Waals surface area (Å²) in [6, 6.07) is 7.75. The number of benzene rings is 1. The summed E-state index contributed by atoms with van der Waals surface area (Å²) in [4.78, 5) is 18.1. The van der Waals surface area contributed by atoms with Gasteiger partial charge in [0, 0.05) is 24.0 Å². The fourth-order valence-corrected chi connectivity index (χ4v) is 3.59. The number of hydrogen-bond donors (Lipinski definition) is 0. The van der Waals surface area contributed by atoms with Crippen LogP contribution in [0.3, 0.4) is 0 Å². The first kappa shape index (κ1) is 17.0. The van der Waals surface area contributed by atoms with E-state index >= 15 is 0 Å². The number of hydrogen-bond acceptors (Lipinski definition) is 3. The van der Waals surface area contributed by atoms with Crippen molar-refractivity contribution < 1.29 is 18.0 Å². The highest BCUT2D eigenvalue weighted by molar-refractivity contribution is 7.13. The Morgan fingerprint density at radius 3 is 2.67 bits per heavy atom. The zero-order chi connectivity index (χ0) is 17.3. The van der Waals surface area contributed by atoms with Crippen molar-refractivity contribution in [2.45, 2.75) is 25.9 Å². The fraction of sp³-hybridized carbons (Fsp3) is 0.412. The van der Waals surface area contributed by atoms with Gasteiger partial charge in [-0.15, -0.1) is 11.3 Å². The van der Waals surface area contributed by atoms with E-state index in [-0.39, 0.29) is 18.7 Å². The lowest BCUT2D eigenvalue weighted by molar-refractivity contribution is -0.184. The molecule has 0 saturated carbocycles. The third kappa shape index (κ3) is 3.61. The summed E-state index contributed by atoms with van der Waals surface area (Å²) in [6.45, 7) is 2.05. The molecule has 0 spiro atoms. The van der Waals surface area contributed by atoms with Gasteiger partial charge in [-0.3, -0.25) is 4.79 Å². The minimum atomic E-state index is -4.26. The molecular weight excluding hydrogens is 337 g/mol. The molecule has 24 heavy (non-hydrogen) atoms. The van der Waals surface area contributed by atoms with Crippen LogP contribution in [-0.4, -0.2) is 35.1 Å². The number of aromatic nitrogens is 1. The molecular formula is C17H17F3N2OS. The van der Waals surface area contributed by atoms with Gasteiger partial charge in [-0.25, -0.2) is 4.98 Å². The van der Waals surface area contributed by atoms with Crippen molar-refractivity contribution in [3.8, 4) is 10.6 Å². The maximum absolute atomic E-state index is 12.9. The normalized spacial score (nSPS) is 18.7. The van der Waals surface area contributed by atoms with Crippen molar-refractivity contribution in [3.63, 3.8) is 0 Å². The maximum Gasteiger partial charge on any atom is 0.393 e. The second kappa shape index (κ2) is 6.55. The SMILES string of the molecule is Cc1ccc(-c2nc(C(=O)N3CCCC(C(F)(F)F)C3)cs2)cc1. The monoisotopic (exact) mass is 354 g/mol. The second-order valence-electron chi connectivity index (χ2n) is 6.04. The van der Waals surface area contributed by atoms with Gasteiger partial charge in [-0.05, 0) is 19.8 Å². The Morgan fingerprint density at radius 2 is 2.00 bits per heavy atom. The predicted molar refractivity (Wildman–Crippen MR) is 87.0 cm³/mol. The smallest absolute Gasteiger partial charge is 0.337 e. The standard InChI is InChI=1S/C17H17F3N2OS/c1-11-4-6-12(7-5-11)15-21-14(10-24-15)16(23)22-8-2-3-13(9-22)17(18,19)20/h4-7,10,13H,2-3,8-9H2,1H3. The molecule has 0 radical (unpaired) electrons. The van der Waals surface area contributed by atoms with E-state index in [1.165, 1.54) is 16.2 Å². The molecule has 1 aliphatic rings. The van der Waals surface area contributed by atoms with E-state index in [2.05, 4.69) is 4.98 Å². The van der Waals surface area contributed by atoms with Gasteiger partial charge >= 0.3 is 6.18 Å². The second-order valence-corrected chi connectivity index (χ2v) is 6.89. The lowest BCUT2D eigenvalue weighted by Crippen LogP contribution is -2.44. The molecule has 128 valence electrons. The van der Waals surface area contributed by atoms with Crippen LogP contribution in [0.15, 0.2) is 29.6 Å². The molecule has 1 amide bonds. The Morgan fingerprint density at radius 1 is 1.29 bits per heavy atom. The molecule has 1 fully saturated rings. The molecule has 3 nitrogen and oxygen atoms in total. The summed E-state index contributed by atoms with van der Waals surface area (Å²) < 4.78 is 38.7. The first-order valence-corrected chi connectivity index (χ1v) is 8.61. The molecule has 1 saturated heterocycles. The number of thiazole rings is 1. The number of carbonyl (C=O) groups is 1. The van der Waals surface area contributed by atoms with Gasteiger partial charge in [0.15, 0.2) is 0 Å². The van der Waals surface area contributed by atoms with E-state index in [4.69, 9.17) is 0 Å². The molecule has 0 N–H and O–H groups in total. The fourth-order valence-electron chi connectivity index (χ4n) is 2.79. The van der Waals surface area contributed by atoms with Gasteiger partial charge in [-0.2, -0.15) is 13.2 Å². The van der Waals surface area contributed by atoms with Crippen molar-refractivity contribution in [2.24, 2.45) is 5.92 Å². The van der Waals surface area contributed by atoms with E-state index in [0.717, 1.165) is 11.1 Å². The third-order valence-corrected chi connectivity index (χ3v) is 5.08. The van der Waals surface area contributed by atoms with E-state index in [9.17, 15) is 18.0 Å². The predicted octanol–water partition coefficient (Wildman–Crippen LogP) is 4.53. The third-order valence-electron chi connectivity index (χ3n) is 4.19. The van der Waals surface area contributed by atoms with Crippen LogP contribution in [0, 0.1) is 12.8 Å². The van der Waals surface area contributed by atoms with Crippen LogP contribution in [0.5, 0.6) is 0 Å². The summed E-state index contributed by atoms with van der Waals surface area (Å²) in [5, 5.41) is 2.32. The van der Waals surface area contributed by atoms with Crippen LogP contribution < -0.4 is 0 Å². The Balaban J connectivity index is 1.75. The number of halogens is 3. The highest BCUT2D eigenvalue weighted by Gasteiger charge is 2.42. The lowest BCUT2D eigenvalue weighted by atomic mass is 9.97. The van der Waals surface area contributed by atoms with E-state index in [1.54, 1.807) is 5.38 Å². The van der Waals surface area contributed by atoms with Crippen molar-refractivity contribution >= 4 is 17.2 Å². The van der Waals surface area contributed by atoms with Crippen molar-refractivity contribution in [3.05, 3.63) is 40.9 Å². The first-order valence-electron chi connectivity index (χ1n) is 7.73. The zero-order valence-electron chi connectivity index (χ0n) is 13.1. The van der Waals surface area contributed by atoms with E-state index in [1.807, 2.05) is 31.2 Å². The van der Waals surface area contributed by atoms with Crippen molar-refractivity contribution in [1.29, 1.82) is 0 Å². The maximum atomic E-state index is 12.9. The molecule has 1 aliphatic heterocycles. The van der Waals surface area contributed by atoms with Crippen LogP contribution in [-0.2, 0) is 0 Å². The van der Waals surface area contributed by atoms with Gasteiger partial charge in [0.1, 0.15) is 10.7 Å². The minimum absolute atomic E-state index is 0.0823. The van der Waals surface area contributed by atoms with Crippen LogP contribution in [0.4, 0.5) is 13.2 Å². The van der Waals surface area contributed by atoms with Gasteiger partial charge in [0.25, 0.3) is 5.91 Å². The molecule has 1 atom stereocenters. The number of carbonyl (C=O) groups excluding carboxylic acids is 1. The average Bonchev–Trinajstić information content (AvgIpc) is 3.04. The number of alkyl halides is 3. The summed E-state index contributed by atoms with van der Waals surface area (Å²) in [6.07, 6.45) is -3.81. The quantitative estimate of drug-likeness (QED) is 0.794. The van der Waals surface area contributed by atoms with Crippen molar-refractivity contribution in [1.82, 2.24) is 9.88 Å². The van der Waals surface area contributed by atoms with Gasteiger partial charge in [0.05, 0.1) is 5.92 Å². The number of likely N-dealkylation sites (tertiary alicyclic amines) is 1. The molecule has 2 aromatic rings. The number of amides is 1. The van der Waals surface area contributed by atoms with Crippen LogP contribution >= 0.6 is 11.3 Å². The Bertz CT molecular complexity index is 724. The van der Waals surface area contributed by atoms with Crippen LogP contribution in [0.25, 0.3) is 10.6 Å². The molecule has 3 rings (SSSR count). The topological polar surface area (TPSA) is 33.2 Å². The summed E-state index contributed by atoms with van der Waals surface area (Å²) in [5.74, 6) is -1.86. The van der Waals surface area contributed by atoms with Gasteiger partial charge in [0.2, 0.25) is 0 Å². The average molecular weight is 354 g/mol. The molecule has 0 bridgehead atoms. The molecule has 1 aromatic heterocycles. The summed E-state index contributed by atoms with van der Waals surface area (Å²) in [5.41, 5.74) is 2.24. The van der Waals surface area contributed by atoms with E-state index < -0.39 is 18.0 Å². The number of aryl methyl sites for hydroxylation is 1. The molecule has 1 unspecified atom stereocenters. The van der Waals surface area contributed by atoms with E-state index in [0.29, 0.717) is 18.0 Å². The molecule has 0 aliphatic carbocycles. The molecule has 2 heterocycles. The Hall–Kier alpha value is -1.89. The van der Waals surface area contributed by atoms with Crippen LogP contribution in [0.1, 0.15) is 28.9 Å². The Labute approximate surface area is 142 Å². The highest BCUT2D eigenvalue weighted by atomic mass is 32.1. The number of piperidine rings is 1. The van der Waals surface area contributed by atoms with Gasteiger partial charge < -0.3 is 4.90 Å². The zero-order valence-corrected chi connectivity index (χ0v) is 14.0. The summed E-state index contributed by atoms with van der Waals surface area (Å²) in [7, 11) is 0. The summed E-state index contributed by atoms with van der Waals surface area (Å²) >= 11 is 1.33. The molecule has 1 aromatic carbocycles. The van der Waals surface area contributed by atoms with Gasteiger partial charge in [-0.1, -0.05) is 29.8 Å². The largest absolute Gasteiger partial charge is 0.393 e. The Kier molecular flexibility index (Phi) is 4.62. The minimum Gasteiger partial charge on any atom is -0.337 e. The first-order chi connectivity index (χ1) is 11.3. The van der Waals surface area contributed by atoms with Crippen LogP contribution in [0.2, 0.25) is 0 Å². The number of nitrogens with zero attached hydrogens (tertiary/aromatic N) is 2. The van der Waals surface area contributed by atoms with Crippen molar-refractivity contribution in [2.75, 3.05) is 13.1 Å². The highest BCUT2D eigenvalue weighted by Crippen LogP contribution is 2.34.